The largest absolute Gasteiger partial charge is 0.465 e. The third kappa shape index (κ3) is 7.78. The molecule has 0 aliphatic carbocycles. The molecule has 0 fully saturated rings. The van der Waals surface area contributed by atoms with Crippen LogP contribution in [0.15, 0.2) is 0 Å². The van der Waals surface area contributed by atoms with Crippen molar-refractivity contribution >= 4 is 6.47 Å². The second kappa shape index (κ2) is 9.52. The molecule has 0 saturated heterocycles. The van der Waals surface area contributed by atoms with Gasteiger partial charge in [0.15, 0.2) is 0 Å². The highest BCUT2D eigenvalue weighted by Crippen LogP contribution is 2.09. The van der Waals surface area contributed by atoms with E-state index in [9.17, 15) is 4.79 Å². The molecule has 0 rings (SSSR count). The maximum absolute atomic E-state index is 10.1. The summed E-state index contributed by atoms with van der Waals surface area (Å²) in [4.78, 5) is 10.1. The number of rotatable bonds is 9. The Kier molecular flexibility index (Phi) is 9.10. The Morgan fingerprint density at radius 2 is 2.08 bits per heavy atom. The lowest BCUT2D eigenvalue weighted by Crippen LogP contribution is -2.11. The van der Waals surface area contributed by atoms with Gasteiger partial charge in [-0.05, 0) is 25.7 Å². The first-order valence-corrected chi connectivity index (χ1v) is 4.93. The fourth-order valence-corrected chi connectivity index (χ4v) is 1.30. The number of carbonyl (C=O) groups is 1. The van der Waals surface area contributed by atoms with Crippen molar-refractivity contribution in [2.75, 3.05) is 13.7 Å². The molecule has 0 amide bonds. The molecule has 0 heterocycles. The fourth-order valence-electron chi connectivity index (χ4n) is 1.30. The molecule has 1 atom stereocenters. The Morgan fingerprint density at radius 1 is 1.31 bits per heavy atom. The van der Waals surface area contributed by atoms with Gasteiger partial charge in [-0.25, -0.2) is 0 Å². The van der Waals surface area contributed by atoms with Crippen molar-refractivity contribution in [2.45, 2.75) is 45.1 Å². The molecule has 3 nitrogen and oxygen atoms in total. The molecule has 0 aromatic carbocycles. The molecule has 0 aromatic heterocycles. The lowest BCUT2D eigenvalue weighted by atomic mass is 10.1. The van der Waals surface area contributed by atoms with Crippen molar-refractivity contribution in [1.82, 2.24) is 0 Å². The number of methoxy groups -OCH3 is 1. The van der Waals surface area contributed by atoms with Crippen LogP contribution in [0.3, 0.4) is 0 Å². The Labute approximate surface area is 80.4 Å². The standard InChI is InChI=1S/C10H20O3/c1-3-6-10(13-9-11)7-4-5-8-12-2/h9-10H,3-8H2,1-2H3. The van der Waals surface area contributed by atoms with E-state index in [-0.39, 0.29) is 6.10 Å². The molecule has 13 heavy (non-hydrogen) atoms. The summed E-state index contributed by atoms with van der Waals surface area (Å²) in [6.07, 6.45) is 5.19. The summed E-state index contributed by atoms with van der Waals surface area (Å²) in [5.74, 6) is 0. The van der Waals surface area contributed by atoms with Crippen molar-refractivity contribution in [1.29, 1.82) is 0 Å². The predicted octanol–water partition coefficient (Wildman–Crippen LogP) is 2.14. The van der Waals surface area contributed by atoms with Crippen LogP contribution in [-0.2, 0) is 14.3 Å². The Morgan fingerprint density at radius 3 is 2.62 bits per heavy atom. The second-order valence-corrected chi connectivity index (χ2v) is 3.13. The third-order valence-corrected chi connectivity index (χ3v) is 1.98. The van der Waals surface area contributed by atoms with Gasteiger partial charge in [0, 0.05) is 13.7 Å². The molecule has 1 unspecified atom stereocenters. The van der Waals surface area contributed by atoms with Gasteiger partial charge in [0.1, 0.15) is 6.10 Å². The molecular weight excluding hydrogens is 168 g/mol. The number of carbonyl (C=O) groups excluding carboxylic acids is 1. The Hall–Kier alpha value is -0.570. The minimum atomic E-state index is 0.111. The van der Waals surface area contributed by atoms with E-state index < -0.39 is 0 Å². The Balaban J connectivity index is 3.38. The average molecular weight is 188 g/mol. The van der Waals surface area contributed by atoms with Crippen molar-refractivity contribution in [3.05, 3.63) is 0 Å². The molecule has 78 valence electrons. The lowest BCUT2D eigenvalue weighted by Gasteiger charge is -2.13. The van der Waals surface area contributed by atoms with E-state index in [1.807, 2.05) is 0 Å². The zero-order valence-corrected chi connectivity index (χ0v) is 8.62. The molecule has 0 aliphatic heterocycles. The van der Waals surface area contributed by atoms with Crippen LogP contribution in [0.25, 0.3) is 0 Å². The normalized spacial score (nSPS) is 12.5. The fraction of sp³-hybridized carbons (Fsp3) is 0.900. The molecule has 0 saturated carbocycles. The van der Waals surface area contributed by atoms with Gasteiger partial charge in [0.2, 0.25) is 0 Å². The van der Waals surface area contributed by atoms with Gasteiger partial charge in [0.25, 0.3) is 6.47 Å². The van der Waals surface area contributed by atoms with Crippen LogP contribution >= 0.6 is 0 Å². The molecule has 0 aromatic rings. The van der Waals surface area contributed by atoms with E-state index >= 15 is 0 Å². The van der Waals surface area contributed by atoms with E-state index in [1.54, 1.807) is 7.11 Å². The number of hydrogen-bond donors (Lipinski definition) is 0. The first-order valence-electron chi connectivity index (χ1n) is 4.93. The predicted molar refractivity (Wildman–Crippen MR) is 51.6 cm³/mol. The topological polar surface area (TPSA) is 35.5 Å². The summed E-state index contributed by atoms with van der Waals surface area (Å²) < 4.78 is 9.87. The highest BCUT2D eigenvalue weighted by atomic mass is 16.5. The quantitative estimate of drug-likeness (QED) is 0.411. The first kappa shape index (κ1) is 12.4. The molecule has 3 heteroatoms. The third-order valence-electron chi connectivity index (χ3n) is 1.98. The number of ether oxygens (including phenoxy) is 2. The summed E-state index contributed by atoms with van der Waals surface area (Å²) >= 11 is 0. The summed E-state index contributed by atoms with van der Waals surface area (Å²) in [6, 6.07) is 0. The van der Waals surface area contributed by atoms with E-state index in [1.165, 1.54) is 0 Å². The molecule has 0 aliphatic rings. The summed E-state index contributed by atoms with van der Waals surface area (Å²) in [7, 11) is 1.70. The smallest absolute Gasteiger partial charge is 0.293 e. The van der Waals surface area contributed by atoms with E-state index in [0.717, 1.165) is 38.7 Å². The minimum Gasteiger partial charge on any atom is -0.465 e. The average Bonchev–Trinajstić information content (AvgIpc) is 2.13. The van der Waals surface area contributed by atoms with Crippen LogP contribution in [0.2, 0.25) is 0 Å². The van der Waals surface area contributed by atoms with Crippen LogP contribution in [-0.4, -0.2) is 26.3 Å². The molecular formula is C10H20O3. The molecule has 0 spiro atoms. The number of unbranched alkanes of at least 4 members (excludes halogenated alkanes) is 1. The van der Waals surface area contributed by atoms with Crippen LogP contribution < -0.4 is 0 Å². The van der Waals surface area contributed by atoms with Crippen molar-refractivity contribution < 1.29 is 14.3 Å². The highest BCUT2D eigenvalue weighted by Gasteiger charge is 2.06. The van der Waals surface area contributed by atoms with Crippen LogP contribution in [0, 0.1) is 0 Å². The maximum atomic E-state index is 10.1. The SMILES string of the molecule is CCCC(CCCCOC)OC=O. The monoisotopic (exact) mass is 188 g/mol. The van der Waals surface area contributed by atoms with Crippen LogP contribution in [0.1, 0.15) is 39.0 Å². The van der Waals surface area contributed by atoms with Gasteiger partial charge >= 0.3 is 0 Å². The summed E-state index contributed by atoms with van der Waals surface area (Å²) in [5, 5.41) is 0. The van der Waals surface area contributed by atoms with E-state index in [2.05, 4.69) is 6.92 Å². The minimum absolute atomic E-state index is 0.111. The molecule has 0 radical (unpaired) electrons. The van der Waals surface area contributed by atoms with Gasteiger partial charge < -0.3 is 9.47 Å². The zero-order valence-electron chi connectivity index (χ0n) is 8.62. The van der Waals surface area contributed by atoms with Gasteiger partial charge in [-0.1, -0.05) is 13.3 Å². The highest BCUT2D eigenvalue weighted by molar-refractivity contribution is 5.37. The van der Waals surface area contributed by atoms with Crippen molar-refractivity contribution in [3.8, 4) is 0 Å². The number of hydrogen-bond acceptors (Lipinski definition) is 3. The van der Waals surface area contributed by atoms with Crippen LogP contribution in [0.5, 0.6) is 0 Å². The zero-order chi connectivity index (χ0) is 9.94. The van der Waals surface area contributed by atoms with Gasteiger partial charge in [-0.15, -0.1) is 0 Å². The van der Waals surface area contributed by atoms with Crippen molar-refractivity contribution in [2.24, 2.45) is 0 Å². The van der Waals surface area contributed by atoms with Gasteiger partial charge in [0.05, 0.1) is 0 Å². The van der Waals surface area contributed by atoms with Crippen LogP contribution in [0.4, 0.5) is 0 Å². The molecule has 0 bridgehead atoms. The lowest BCUT2D eigenvalue weighted by molar-refractivity contribution is -0.134. The molecule has 0 N–H and O–H groups in total. The van der Waals surface area contributed by atoms with Gasteiger partial charge in [-0.2, -0.15) is 0 Å². The summed E-state index contributed by atoms with van der Waals surface area (Å²) in [5.41, 5.74) is 0. The first-order chi connectivity index (χ1) is 6.35. The van der Waals surface area contributed by atoms with E-state index in [0.29, 0.717) is 6.47 Å². The second-order valence-electron chi connectivity index (χ2n) is 3.13. The summed E-state index contributed by atoms with van der Waals surface area (Å²) in [6.45, 7) is 3.44. The Bertz CT molecular complexity index is 115. The maximum Gasteiger partial charge on any atom is 0.293 e. The van der Waals surface area contributed by atoms with Crippen molar-refractivity contribution in [3.63, 3.8) is 0 Å². The van der Waals surface area contributed by atoms with E-state index in [4.69, 9.17) is 9.47 Å². The van der Waals surface area contributed by atoms with Gasteiger partial charge in [-0.3, -0.25) is 4.79 Å².